The van der Waals surface area contributed by atoms with Crippen LogP contribution in [0.2, 0.25) is 0 Å². The molecule has 0 saturated heterocycles. The Morgan fingerprint density at radius 3 is 1.69 bits per heavy atom. The Morgan fingerprint density at radius 1 is 0.722 bits per heavy atom. The van der Waals surface area contributed by atoms with Crippen molar-refractivity contribution in [3.63, 3.8) is 0 Å². The van der Waals surface area contributed by atoms with E-state index in [9.17, 15) is 9.90 Å². The summed E-state index contributed by atoms with van der Waals surface area (Å²) in [7, 11) is 0. The number of aliphatic hydroxyl groups excluding tert-OH is 1. The molecule has 0 aromatic heterocycles. The molecule has 0 aliphatic heterocycles. The highest BCUT2D eigenvalue weighted by atomic mass is 16.3. The monoisotopic (exact) mass is 490 g/mol. The van der Waals surface area contributed by atoms with E-state index in [1.165, 1.54) is 57.1 Å². The van der Waals surface area contributed by atoms with Crippen LogP contribution in [0.1, 0.15) is 84.6 Å². The van der Waals surface area contributed by atoms with Gasteiger partial charge < -0.3 is 10.0 Å². The molecule has 0 atom stereocenters. The van der Waals surface area contributed by atoms with Crippen molar-refractivity contribution in [1.82, 2.24) is 4.90 Å². The van der Waals surface area contributed by atoms with E-state index in [4.69, 9.17) is 0 Å². The van der Waals surface area contributed by atoms with Crippen LogP contribution < -0.4 is 4.90 Å². The first-order valence-corrected chi connectivity index (χ1v) is 14.2. The number of benzene rings is 1. The fourth-order valence-corrected chi connectivity index (χ4v) is 4.91. The molecule has 1 N–H and O–H groups in total. The Hall–Kier alpha value is -2.59. The number of Topliss-reactive ketones (excluding diaryl/α,β-unsaturated/α-hetero) is 1. The second-order valence-electron chi connectivity index (χ2n) is 10.1. The van der Waals surface area contributed by atoms with Crippen molar-refractivity contribution >= 4 is 17.0 Å². The molecule has 4 heteroatoms. The molecule has 0 spiro atoms. The van der Waals surface area contributed by atoms with Crippen molar-refractivity contribution in [2.24, 2.45) is 0 Å². The minimum atomic E-state index is -0.0642. The molecule has 0 saturated carbocycles. The molecule has 1 aromatic rings. The number of aliphatic hydroxyl groups is 1. The Labute approximate surface area is 219 Å². The molecule has 2 aliphatic carbocycles. The number of hydrogen-bond acceptors (Lipinski definition) is 4. The molecule has 0 heterocycles. The Bertz CT molecular complexity index is 952. The van der Waals surface area contributed by atoms with Crippen LogP contribution in [0, 0.1) is 0 Å². The van der Waals surface area contributed by atoms with Gasteiger partial charge in [-0.05, 0) is 62.0 Å². The Morgan fingerprint density at radius 2 is 1.22 bits per heavy atom. The van der Waals surface area contributed by atoms with Crippen LogP contribution in [-0.4, -0.2) is 48.0 Å². The van der Waals surface area contributed by atoms with Gasteiger partial charge in [0.05, 0.1) is 11.1 Å². The highest BCUT2D eigenvalue weighted by molar-refractivity contribution is 6.39. The van der Waals surface area contributed by atoms with Crippen molar-refractivity contribution in [3.05, 3.63) is 71.0 Å². The zero-order valence-corrected chi connectivity index (χ0v) is 22.9. The summed E-state index contributed by atoms with van der Waals surface area (Å²) in [6.07, 6.45) is 17.8. The van der Waals surface area contributed by atoms with Gasteiger partial charge in [0.25, 0.3) is 0 Å². The van der Waals surface area contributed by atoms with E-state index in [0.29, 0.717) is 11.1 Å². The molecule has 0 unspecified atom stereocenters. The number of carbonyl (C=O) groups excluding carboxylic acids is 1. The molecule has 0 bridgehead atoms. The van der Waals surface area contributed by atoms with Gasteiger partial charge in [-0.1, -0.05) is 89.8 Å². The second kappa shape index (κ2) is 14.2. The van der Waals surface area contributed by atoms with E-state index in [1.54, 1.807) is 0 Å². The predicted molar refractivity (Wildman–Crippen MR) is 154 cm³/mol. The summed E-state index contributed by atoms with van der Waals surface area (Å²) in [5.41, 5.74) is 3.68. The lowest BCUT2D eigenvalue weighted by Gasteiger charge is -2.30. The van der Waals surface area contributed by atoms with Crippen LogP contribution >= 0.6 is 0 Å². The van der Waals surface area contributed by atoms with E-state index in [1.807, 2.05) is 24.3 Å². The lowest BCUT2D eigenvalue weighted by molar-refractivity contribution is -0.111. The summed E-state index contributed by atoms with van der Waals surface area (Å²) in [6, 6.07) is 8.39. The third-order valence-electron chi connectivity index (χ3n) is 7.27. The van der Waals surface area contributed by atoms with E-state index in [-0.39, 0.29) is 17.6 Å². The van der Waals surface area contributed by atoms with Gasteiger partial charge in [-0.25, -0.2) is 0 Å². The average molecular weight is 491 g/mol. The molecule has 2 aliphatic rings. The van der Waals surface area contributed by atoms with Gasteiger partial charge in [0.2, 0.25) is 5.78 Å². The first kappa shape index (κ1) is 28.0. The Balaban J connectivity index is 1.74. The fourth-order valence-electron chi connectivity index (χ4n) is 4.91. The number of rotatable bonds is 15. The molecule has 0 amide bonds. The molecule has 0 radical (unpaired) electrons. The minimum absolute atomic E-state index is 0.0642. The predicted octanol–water partition coefficient (Wildman–Crippen LogP) is 7.64. The van der Waals surface area contributed by atoms with Crippen molar-refractivity contribution in [2.75, 3.05) is 31.1 Å². The van der Waals surface area contributed by atoms with Crippen molar-refractivity contribution in [1.29, 1.82) is 0 Å². The van der Waals surface area contributed by atoms with Crippen molar-refractivity contribution in [3.8, 4) is 0 Å². The van der Waals surface area contributed by atoms with E-state index < -0.39 is 0 Å². The quantitative estimate of drug-likeness (QED) is 0.257. The van der Waals surface area contributed by atoms with Gasteiger partial charge in [0.1, 0.15) is 5.76 Å². The summed E-state index contributed by atoms with van der Waals surface area (Å²) in [4.78, 5) is 18.0. The van der Waals surface area contributed by atoms with Gasteiger partial charge in [-0.3, -0.25) is 9.69 Å². The number of unbranched alkanes of at least 4 members (excludes halogenated alkanes) is 4. The van der Waals surface area contributed by atoms with Crippen LogP contribution in [0.3, 0.4) is 0 Å². The Kier molecular flexibility index (Phi) is 11.1. The van der Waals surface area contributed by atoms with Gasteiger partial charge in [-0.15, -0.1) is 0 Å². The van der Waals surface area contributed by atoms with Crippen LogP contribution in [0.25, 0.3) is 5.57 Å². The number of ketones is 1. The van der Waals surface area contributed by atoms with Crippen LogP contribution in [-0.2, 0) is 4.79 Å². The SMILES string of the molecule is CCCCN(CCCC)c1ccc(C2=C(O)C(=C3C=CC(N(CCCC)CCCC)C=C3)C2=O)cc1. The fraction of sp³-hybridized carbons (Fsp3) is 0.531. The molecule has 3 rings (SSSR count). The van der Waals surface area contributed by atoms with Crippen LogP contribution in [0.5, 0.6) is 0 Å². The first-order valence-electron chi connectivity index (χ1n) is 14.2. The smallest absolute Gasteiger partial charge is 0.201 e. The standard InChI is InChI=1S/C32H46N2O2/c1-5-9-21-33(22-10-6-2)27-17-13-25(14-18-27)29-31(35)30(32(29)36)26-15-19-28(20-16-26)34(23-11-7-3)24-12-8-4/h13-20,27,35H,5-12,21-24H2,1-4H3. The lowest BCUT2D eigenvalue weighted by Crippen LogP contribution is -2.35. The lowest BCUT2D eigenvalue weighted by atomic mass is 9.80. The van der Waals surface area contributed by atoms with Crippen molar-refractivity contribution in [2.45, 2.75) is 85.1 Å². The van der Waals surface area contributed by atoms with Gasteiger partial charge in [0.15, 0.2) is 0 Å². The van der Waals surface area contributed by atoms with E-state index in [0.717, 1.165) is 37.3 Å². The number of carbonyl (C=O) groups is 1. The zero-order valence-electron chi connectivity index (χ0n) is 22.9. The van der Waals surface area contributed by atoms with Gasteiger partial charge in [0, 0.05) is 24.8 Å². The maximum atomic E-state index is 13.1. The molecule has 196 valence electrons. The summed E-state index contributed by atoms with van der Waals surface area (Å²) < 4.78 is 0. The van der Waals surface area contributed by atoms with Crippen molar-refractivity contribution < 1.29 is 9.90 Å². The summed E-state index contributed by atoms with van der Waals surface area (Å²) in [5, 5.41) is 10.9. The molecule has 0 fully saturated rings. The largest absolute Gasteiger partial charge is 0.506 e. The number of hydrogen-bond donors (Lipinski definition) is 1. The maximum Gasteiger partial charge on any atom is 0.201 e. The third kappa shape index (κ3) is 6.79. The molecular formula is C32H46N2O2. The van der Waals surface area contributed by atoms with Gasteiger partial charge in [-0.2, -0.15) is 0 Å². The zero-order chi connectivity index (χ0) is 25.9. The molecule has 1 aromatic carbocycles. The second-order valence-corrected chi connectivity index (χ2v) is 10.1. The average Bonchev–Trinajstić information content (AvgIpc) is 2.90. The van der Waals surface area contributed by atoms with E-state index >= 15 is 0 Å². The van der Waals surface area contributed by atoms with Crippen LogP contribution in [0.4, 0.5) is 5.69 Å². The summed E-state index contributed by atoms with van der Waals surface area (Å²) in [5.74, 6) is 0.0591. The van der Waals surface area contributed by atoms with E-state index in [2.05, 4.69) is 61.8 Å². The topological polar surface area (TPSA) is 43.8 Å². The third-order valence-corrected chi connectivity index (χ3v) is 7.27. The normalized spacial score (nSPS) is 17.4. The number of allylic oxidation sites excluding steroid dienone is 5. The highest BCUT2D eigenvalue weighted by Crippen LogP contribution is 2.39. The highest BCUT2D eigenvalue weighted by Gasteiger charge is 2.36. The molecular weight excluding hydrogens is 444 g/mol. The molecule has 36 heavy (non-hydrogen) atoms. The first-order chi connectivity index (χ1) is 17.5. The summed E-state index contributed by atoms with van der Waals surface area (Å²) >= 11 is 0. The van der Waals surface area contributed by atoms with Gasteiger partial charge >= 0.3 is 0 Å². The molecule has 4 nitrogen and oxygen atoms in total. The van der Waals surface area contributed by atoms with Crippen LogP contribution in [0.15, 0.2) is 65.5 Å². The summed E-state index contributed by atoms with van der Waals surface area (Å²) in [6.45, 7) is 13.2. The minimum Gasteiger partial charge on any atom is -0.506 e. The number of nitrogens with zero attached hydrogens (tertiary/aromatic N) is 2. The maximum absolute atomic E-state index is 13.1. The number of anilines is 1.